The molecule has 3 N–H and O–H groups in total. The lowest BCUT2D eigenvalue weighted by molar-refractivity contribution is 0.0802. The van der Waals surface area contributed by atoms with Crippen LogP contribution in [0.25, 0.3) is 0 Å². The molecule has 0 radical (unpaired) electrons. The molecule has 2 aromatic carbocycles. The molecule has 0 aliphatic carbocycles. The van der Waals surface area contributed by atoms with Gasteiger partial charge in [-0.3, -0.25) is 9.59 Å². The molecule has 1 fully saturated rings. The number of halogens is 2. The predicted octanol–water partition coefficient (Wildman–Crippen LogP) is 4.12. The first kappa shape index (κ1) is 20.3. The van der Waals surface area contributed by atoms with Gasteiger partial charge in [0.1, 0.15) is 22.3 Å². The first-order chi connectivity index (χ1) is 14.4. The number of hydrogen-bond acceptors (Lipinski definition) is 7. The van der Waals surface area contributed by atoms with Gasteiger partial charge in [-0.05, 0) is 36.4 Å². The fraction of sp³-hybridized carbons (Fsp3) is 0.150. The van der Waals surface area contributed by atoms with Crippen LogP contribution in [0.2, 0.25) is 0 Å². The molecule has 0 atom stereocenters. The smallest absolute Gasteiger partial charge is 0.254 e. The molecule has 1 aromatic heterocycles. The fourth-order valence-corrected chi connectivity index (χ4v) is 4.75. The zero-order valence-corrected chi connectivity index (χ0v) is 17.2. The minimum absolute atomic E-state index is 0.0233. The molecule has 3 aromatic rings. The molecule has 2 heterocycles. The van der Waals surface area contributed by atoms with Gasteiger partial charge in [0.15, 0.2) is 5.13 Å². The SMILES string of the molecule is Nc1nc(Nc2ccc(C(=O)N3CCSC3)cc2)sc1C(=O)c1c(F)cccc1F. The number of anilines is 3. The minimum Gasteiger partial charge on any atom is -0.382 e. The maximum absolute atomic E-state index is 13.9. The van der Waals surface area contributed by atoms with Gasteiger partial charge in [-0.2, -0.15) is 0 Å². The second kappa shape index (κ2) is 8.41. The Hall–Kier alpha value is -2.98. The van der Waals surface area contributed by atoms with Crippen molar-refractivity contribution in [3.05, 3.63) is 70.1 Å². The van der Waals surface area contributed by atoms with Crippen molar-refractivity contribution in [3.8, 4) is 0 Å². The third-order valence-corrected chi connectivity index (χ3v) is 6.42. The number of thiazole rings is 1. The average Bonchev–Trinajstić information content (AvgIpc) is 3.38. The molecule has 1 aliphatic rings. The summed E-state index contributed by atoms with van der Waals surface area (Å²) in [5.41, 5.74) is 6.35. The highest BCUT2D eigenvalue weighted by molar-refractivity contribution is 7.99. The van der Waals surface area contributed by atoms with Crippen LogP contribution in [-0.4, -0.2) is 39.7 Å². The van der Waals surface area contributed by atoms with Gasteiger partial charge in [-0.25, -0.2) is 13.8 Å². The van der Waals surface area contributed by atoms with E-state index in [1.165, 1.54) is 6.07 Å². The lowest BCUT2D eigenvalue weighted by Crippen LogP contribution is -2.27. The monoisotopic (exact) mass is 446 g/mol. The molecule has 0 bridgehead atoms. The van der Waals surface area contributed by atoms with Gasteiger partial charge in [-0.1, -0.05) is 17.4 Å². The molecule has 10 heteroatoms. The van der Waals surface area contributed by atoms with Crippen molar-refractivity contribution < 1.29 is 18.4 Å². The zero-order valence-electron chi connectivity index (χ0n) is 15.5. The molecule has 0 saturated carbocycles. The number of nitrogens with two attached hydrogens (primary N) is 1. The standard InChI is InChI=1S/C20H16F2N4O2S2/c21-13-2-1-3-14(22)15(13)16(27)17-18(23)25-20(30-17)24-12-6-4-11(5-7-12)19(28)26-8-9-29-10-26/h1-7H,8-10,23H2,(H,24,25). The van der Waals surface area contributed by atoms with Crippen LogP contribution in [0.1, 0.15) is 25.6 Å². The molecule has 1 amide bonds. The van der Waals surface area contributed by atoms with E-state index in [0.717, 1.165) is 35.8 Å². The Bertz CT molecular complexity index is 1090. The maximum Gasteiger partial charge on any atom is 0.254 e. The number of rotatable bonds is 5. The number of carbonyl (C=O) groups is 2. The Kier molecular flexibility index (Phi) is 5.69. The molecule has 154 valence electrons. The summed E-state index contributed by atoms with van der Waals surface area (Å²) in [6, 6.07) is 10.0. The van der Waals surface area contributed by atoms with E-state index < -0.39 is 23.0 Å². The summed E-state index contributed by atoms with van der Waals surface area (Å²) in [5.74, 6) is -1.29. The van der Waals surface area contributed by atoms with Crippen LogP contribution in [0.15, 0.2) is 42.5 Å². The minimum atomic E-state index is -0.959. The Morgan fingerprint density at radius 1 is 1.10 bits per heavy atom. The van der Waals surface area contributed by atoms with Crippen molar-refractivity contribution in [2.45, 2.75) is 0 Å². The number of thioether (sulfide) groups is 1. The van der Waals surface area contributed by atoms with Gasteiger partial charge >= 0.3 is 0 Å². The van der Waals surface area contributed by atoms with Crippen molar-refractivity contribution in [3.63, 3.8) is 0 Å². The molecule has 1 saturated heterocycles. The number of nitrogen functional groups attached to an aromatic ring is 1. The van der Waals surface area contributed by atoms with Gasteiger partial charge in [0.2, 0.25) is 5.78 Å². The van der Waals surface area contributed by atoms with Crippen molar-refractivity contribution in [1.82, 2.24) is 9.88 Å². The highest BCUT2D eigenvalue weighted by atomic mass is 32.2. The second-order valence-electron chi connectivity index (χ2n) is 6.47. The topological polar surface area (TPSA) is 88.3 Å². The quantitative estimate of drug-likeness (QED) is 0.573. The highest BCUT2D eigenvalue weighted by Crippen LogP contribution is 2.31. The summed E-state index contributed by atoms with van der Waals surface area (Å²) in [5, 5.41) is 3.29. The molecular formula is C20H16F2N4O2S2. The largest absolute Gasteiger partial charge is 0.382 e. The van der Waals surface area contributed by atoms with E-state index in [1.807, 2.05) is 0 Å². The van der Waals surface area contributed by atoms with Crippen molar-refractivity contribution in [2.24, 2.45) is 0 Å². The first-order valence-corrected chi connectivity index (χ1v) is 10.9. The van der Waals surface area contributed by atoms with Gasteiger partial charge in [-0.15, -0.1) is 11.8 Å². The van der Waals surface area contributed by atoms with Gasteiger partial charge in [0, 0.05) is 23.5 Å². The van der Waals surface area contributed by atoms with Crippen LogP contribution >= 0.6 is 23.1 Å². The lowest BCUT2D eigenvalue weighted by Gasteiger charge is -2.14. The molecule has 30 heavy (non-hydrogen) atoms. The lowest BCUT2D eigenvalue weighted by atomic mass is 10.1. The number of amides is 1. The molecule has 0 unspecified atom stereocenters. The summed E-state index contributed by atoms with van der Waals surface area (Å²) in [6.07, 6.45) is 0. The van der Waals surface area contributed by atoms with Crippen molar-refractivity contribution in [2.75, 3.05) is 29.2 Å². The van der Waals surface area contributed by atoms with E-state index in [9.17, 15) is 18.4 Å². The third-order valence-electron chi connectivity index (χ3n) is 4.47. The number of ketones is 1. The number of hydrogen-bond donors (Lipinski definition) is 2. The van der Waals surface area contributed by atoms with Crippen LogP contribution in [0.3, 0.4) is 0 Å². The molecular weight excluding hydrogens is 430 g/mol. The summed E-state index contributed by atoms with van der Waals surface area (Å²) in [4.78, 5) is 30.8. The van der Waals surface area contributed by atoms with Crippen molar-refractivity contribution >= 4 is 51.4 Å². The predicted molar refractivity (Wildman–Crippen MR) is 114 cm³/mol. The van der Waals surface area contributed by atoms with E-state index in [4.69, 9.17) is 5.73 Å². The van der Waals surface area contributed by atoms with E-state index in [1.54, 1.807) is 40.9 Å². The van der Waals surface area contributed by atoms with Gasteiger partial charge < -0.3 is 16.0 Å². The number of carbonyl (C=O) groups excluding carboxylic acids is 2. The summed E-state index contributed by atoms with van der Waals surface area (Å²) in [6.45, 7) is 0.737. The number of nitrogens with zero attached hydrogens (tertiary/aromatic N) is 2. The van der Waals surface area contributed by atoms with Crippen LogP contribution in [0.4, 0.5) is 25.4 Å². The molecule has 1 aliphatic heterocycles. The van der Waals surface area contributed by atoms with E-state index in [-0.39, 0.29) is 16.6 Å². The van der Waals surface area contributed by atoms with Gasteiger partial charge in [0.05, 0.1) is 11.4 Å². The van der Waals surface area contributed by atoms with Gasteiger partial charge in [0.25, 0.3) is 5.91 Å². The fourth-order valence-electron chi connectivity index (χ4n) is 2.95. The van der Waals surface area contributed by atoms with Crippen LogP contribution < -0.4 is 11.1 Å². The Labute approximate surface area is 179 Å². The molecule has 4 rings (SSSR count). The molecule has 6 nitrogen and oxygen atoms in total. The Balaban J connectivity index is 1.51. The number of benzene rings is 2. The summed E-state index contributed by atoms with van der Waals surface area (Å²) >= 11 is 2.61. The molecule has 0 spiro atoms. The normalized spacial score (nSPS) is 13.5. The second-order valence-corrected chi connectivity index (χ2v) is 8.54. The first-order valence-electron chi connectivity index (χ1n) is 8.93. The Morgan fingerprint density at radius 3 is 2.43 bits per heavy atom. The Morgan fingerprint density at radius 2 is 1.80 bits per heavy atom. The van der Waals surface area contributed by atoms with E-state index >= 15 is 0 Å². The van der Waals surface area contributed by atoms with E-state index in [0.29, 0.717) is 22.3 Å². The summed E-state index contributed by atoms with van der Waals surface area (Å²) in [7, 11) is 0. The number of nitrogens with one attached hydrogen (secondary N) is 1. The highest BCUT2D eigenvalue weighted by Gasteiger charge is 2.24. The average molecular weight is 447 g/mol. The van der Waals surface area contributed by atoms with E-state index in [2.05, 4.69) is 10.3 Å². The number of aromatic nitrogens is 1. The van der Waals surface area contributed by atoms with Crippen LogP contribution in [0.5, 0.6) is 0 Å². The third kappa shape index (κ3) is 4.01. The maximum atomic E-state index is 13.9. The van der Waals surface area contributed by atoms with Crippen LogP contribution in [0, 0.1) is 11.6 Å². The zero-order chi connectivity index (χ0) is 21.3. The van der Waals surface area contributed by atoms with Crippen LogP contribution in [-0.2, 0) is 0 Å². The summed E-state index contributed by atoms with van der Waals surface area (Å²) < 4.78 is 27.8. The van der Waals surface area contributed by atoms with Crippen molar-refractivity contribution in [1.29, 1.82) is 0 Å².